The molecule has 0 atom stereocenters. The summed E-state index contributed by atoms with van der Waals surface area (Å²) >= 11 is 0. The minimum atomic E-state index is -0.545. The van der Waals surface area contributed by atoms with E-state index in [1.165, 1.54) is 7.11 Å². The number of aromatic nitrogens is 2. The van der Waals surface area contributed by atoms with Gasteiger partial charge < -0.3 is 24.5 Å². The van der Waals surface area contributed by atoms with E-state index >= 15 is 0 Å². The first-order chi connectivity index (χ1) is 17.0. The fourth-order valence-electron chi connectivity index (χ4n) is 4.60. The van der Waals surface area contributed by atoms with Crippen LogP contribution in [0.2, 0.25) is 0 Å². The van der Waals surface area contributed by atoms with Crippen LogP contribution in [0.1, 0.15) is 33.7 Å². The number of nitrogens with two attached hydrogens (primary N) is 1. The van der Waals surface area contributed by atoms with Gasteiger partial charge in [-0.1, -0.05) is 30.3 Å². The van der Waals surface area contributed by atoms with Crippen LogP contribution in [-0.4, -0.2) is 35.3 Å². The SMILES string of the molecule is COC(=O)CCc1c(-c2ccc3ccccc3n2)c(C(N)=O)c(C)n1Cc1ccc2c(c1)OCO2. The molecule has 0 saturated carbocycles. The number of benzene rings is 2. The molecule has 2 aromatic carbocycles. The molecule has 0 saturated heterocycles. The summed E-state index contributed by atoms with van der Waals surface area (Å²) in [5.41, 5.74) is 10.8. The molecule has 0 bridgehead atoms. The fraction of sp³-hybridized carbons (Fsp3) is 0.222. The number of pyridine rings is 1. The van der Waals surface area contributed by atoms with Crippen molar-refractivity contribution >= 4 is 22.8 Å². The number of para-hydroxylation sites is 1. The minimum absolute atomic E-state index is 0.153. The Morgan fingerprint density at radius 1 is 1.09 bits per heavy atom. The standard InChI is InChI=1S/C27H25N3O5/c1-16-25(27(28)32)26(20-9-8-18-5-3-4-6-19(18)29-20)21(10-12-24(31)33-2)30(16)14-17-7-11-22-23(13-17)35-15-34-22/h3-9,11,13H,10,12,14-15H2,1-2H3,(H2,28,32). The highest BCUT2D eigenvalue weighted by molar-refractivity contribution is 6.02. The molecule has 0 spiro atoms. The Kier molecular flexibility index (Phi) is 5.86. The Labute approximate surface area is 202 Å². The molecule has 1 aliphatic rings. The minimum Gasteiger partial charge on any atom is -0.469 e. The van der Waals surface area contributed by atoms with Gasteiger partial charge in [-0.05, 0) is 43.2 Å². The van der Waals surface area contributed by atoms with Gasteiger partial charge in [0.2, 0.25) is 6.79 Å². The molecule has 0 aliphatic carbocycles. The Bertz CT molecular complexity index is 1460. The van der Waals surface area contributed by atoms with E-state index < -0.39 is 5.91 Å². The zero-order chi connectivity index (χ0) is 24.5. The van der Waals surface area contributed by atoms with Gasteiger partial charge in [-0.2, -0.15) is 0 Å². The maximum Gasteiger partial charge on any atom is 0.305 e. The third-order valence-corrected chi connectivity index (χ3v) is 6.30. The van der Waals surface area contributed by atoms with E-state index in [4.69, 9.17) is 24.9 Å². The number of ether oxygens (including phenoxy) is 3. The number of fused-ring (bicyclic) bond motifs is 2. The second kappa shape index (κ2) is 9.13. The molecule has 4 aromatic rings. The number of carbonyl (C=O) groups excluding carboxylic acids is 2. The van der Waals surface area contributed by atoms with Crippen molar-refractivity contribution in [3.63, 3.8) is 0 Å². The van der Waals surface area contributed by atoms with Crippen LogP contribution in [0.15, 0.2) is 54.6 Å². The lowest BCUT2D eigenvalue weighted by Gasteiger charge is -2.14. The maximum absolute atomic E-state index is 12.7. The molecular formula is C27H25N3O5. The van der Waals surface area contributed by atoms with Crippen molar-refractivity contribution in [1.82, 2.24) is 9.55 Å². The van der Waals surface area contributed by atoms with Crippen molar-refractivity contribution in [1.29, 1.82) is 0 Å². The first-order valence-electron chi connectivity index (χ1n) is 11.3. The Morgan fingerprint density at radius 3 is 2.69 bits per heavy atom. The van der Waals surface area contributed by atoms with Gasteiger partial charge >= 0.3 is 5.97 Å². The van der Waals surface area contributed by atoms with Crippen LogP contribution in [0, 0.1) is 6.92 Å². The predicted molar refractivity (Wildman–Crippen MR) is 130 cm³/mol. The summed E-state index contributed by atoms with van der Waals surface area (Å²) in [4.78, 5) is 29.6. The molecule has 35 heavy (non-hydrogen) atoms. The van der Waals surface area contributed by atoms with Gasteiger partial charge in [-0.3, -0.25) is 9.59 Å². The van der Waals surface area contributed by atoms with Gasteiger partial charge in [0.1, 0.15) is 0 Å². The van der Waals surface area contributed by atoms with Crippen LogP contribution in [0.5, 0.6) is 11.5 Å². The first kappa shape index (κ1) is 22.5. The Balaban J connectivity index is 1.67. The molecule has 8 heteroatoms. The van der Waals surface area contributed by atoms with Crippen molar-refractivity contribution < 1.29 is 23.8 Å². The summed E-state index contributed by atoms with van der Waals surface area (Å²) in [5, 5.41) is 0.990. The number of hydrogen-bond donors (Lipinski definition) is 1. The van der Waals surface area contributed by atoms with Crippen LogP contribution in [0.25, 0.3) is 22.2 Å². The second-order valence-electron chi connectivity index (χ2n) is 8.39. The second-order valence-corrected chi connectivity index (χ2v) is 8.39. The normalized spacial score (nSPS) is 12.2. The number of hydrogen-bond acceptors (Lipinski definition) is 6. The molecule has 1 aliphatic heterocycles. The topological polar surface area (TPSA) is 106 Å². The molecule has 8 nitrogen and oxygen atoms in total. The van der Waals surface area contributed by atoms with Crippen molar-refractivity contribution in [3.05, 3.63) is 77.1 Å². The molecule has 0 unspecified atom stereocenters. The number of nitrogens with zero attached hydrogens (tertiary/aromatic N) is 2. The number of methoxy groups -OCH3 is 1. The smallest absolute Gasteiger partial charge is 0.305 e. The largest absolute Gasteiger partial charge is 0.469 e. The summed E-state index contributed by atoms with van der Waals surface area (Å²) in [6.07, 6.45) is 0.509. The number of amides is 1. The summed E-state index contributed by atoms with van der Waals surface area (Å²) in [7, 11) is 1.36. The van der Waals surface area contributed by atoms with Crippen molar-refractivity contribution in [2.45, 2.75) is 26.3 Å². The molecule has 178 valence electrons. The van der Waals surface area contributed by atoms with E-state index in [1.807, 2.05) is 66.1 Å². The van der Waals surface area contributed by atoms with E-state index in [9.17, 15) is 9.59 Å². The van der Waals surface area contributed by atoms with Gasteiger partial charge in [0.25, 0.3) is 5.91 Å². The molecule has 5 rings (SSSR count). The van der Waals surface area contributed by atoms with Crippen LogP contribution >= 0.6 is 0 Å². The van der Waals surface area contributed by atoms with Gasteiger partial charge in [0.15, 0.2) is 11.5 Å². The zero-order valence-electron chi connectivity index (χ0n) is 19.5. The van der Waals surface area contributed by atoms with Crippen LogP contribution in [-0.2, 0) is 22.5 Å². The van der Waals surface area contributed by atoms with Gasteiger partial charge in [0, 0.05) is 28.9 Å². The number of esters is 1. The Morgan fingerprint density at radius 2 is 1.89 bits per heavy atom. The monoisotopic (exact) mass is 471 g/mol. The van der Waals surface area contributed by atoms with Gasteiger partial charge in [-0.25, -0.2) is 4.98 Å². The van der Waals surface area contributed by atoms with E-state index in [-0.39, 0.29) is 19.2 Å². The van der Waals surface area contributed by atoms with E-state index in [0.29, 0.717) is 47.0 Å². The van der Waals surface area contributed by atoms with Crippen LogP contribution < -0.4 is 15.2 Å². The number of rotatable bonds is 7. The third kappa shape index (κ3) is 4.19. The highest BCUT2D eigenvalue weighted by Crippen LogP contribution is 2.36. The molecular weight excluding hydrogens is 446 g/mol. The average Bonchev–Trinajstić information content (AvgIpc) is 3.44. The average molecular weight is 472 g/mol. The fourth-order valence-corrected chi connectivity index (χ4v) is 4.60. The molecule has 1 amide bonds. The summed E-state index contributed by atoms with van der Waals surface area (Å²) in [6.45, 7) is 2.50. The molecule has 2 N–H and O–H groups in total. The van der Waals surface area contributed by atoms with Crippen molar-refractivity contribution in [2.75, 3.05) is 13.9 Å². The van der Waals surface area contributed by atoms with E-state index in [0.717, 1.165) is 22.2 Å². The maximum atomic E-state index is 12.7. The lowest BCUT2D eigenvalue weighted by Crippen LogP contribution is -2.14. The number of primary amides is 1. The van der Waals surface area contributed by atoms with Crippen LogP contribution in [0.3, 0.4) is 0 Å². The van der Waals surface area contributed by atoms with Crippen molar-refractivity contribution in [3.8, 4) is 22.8 Å². The first-order valence-corrected chi connectivity index (χ1v) is 11.3. The third-order valence-electron chi connectivity index (χ3n) is 6.30. The van der Waals surface area contributed by atoms with Gasteiger partial charge in [-0.15, -0.1) is 0 Å². The quantitative estimate of drug-likeness (QED) is 0.409. The zero-order valence-corrected chi connectivity index (χ0v) is 19.5. The molecule has 0 fully saturated rings. The highest BCUT2D eigenvalue weighted by atomic mass is 16.7. The number of carbonyl (C=O) groups is 2. The molecule has 2 aromatic heterocycles. The lowest BCUT2D eigenvalue weighted by atomic mass is 10.0. The predicted octanol–water partition coefficient (Wildman–Crippen LogP) is 3.99. The highest BCUT2D eigenvalue weighted by Gasteiger charge is 2.27. The van der Waals surface area contributed by atoms with E-state index in [1.54, 1.807) is 0 Å². The van der Waals surface area contributed by atoms with Crippen molar-refractivity contribution in [2.24, 2.45) is 5.73 Å². The Hall–Kier alpha value is -4.33. The molecule has 3 heterocycles. The lowest BCUT2D eigenvalue weighted by molar-refractivity contribution is -0.140. The summed E-state index contributed by atoms with van der Waals surface area (Å²) in [6, 6.07) is 17.4. The van der Waals surface area contributed by atoms with Crippen LogP contribution in [0.4, 0.5) is 0 Å². The summed E-state index contributed by atoms with van der Waals surface area (Å²) < 4.78 is 17.9. The van der Waals surface area contributed by atoms with E-state index in [2.05, 4.69) is 0 Å². The summed E-state index contributed by atoms with van der Waals surface area (Å²) in [5.74, 6) is 0.491. The van der Waals surface area contributed by atoms with Gasteiger partial charge in [0.05, 0.1) is 30.3 Å². The molecule has 0 radical (unpaired) electrons.